The highest BCUT2D eigenvalue weighted by Gasteiger charge is 2.34. The standard InChI is InChI=1S/C20H23NO/c1-14-13-18-11-7-8-12-19(18)15(2)20(22)21(14)16(3)17-9-5-4-6-10-17/h4-12,14-16H,13H2,1-3H3/t14-,15-,16-/m1/s1. The van der Waals surface area contributed by atoms with E-state index in [2.05, 4.69) is 49.1 Å². The Hall–Kier alpha value is -2.09. The quantitative estimate of drug-likeness (QED) is 0.807. The molecular weight excluding hydrogens is 270 g/mol. The lowest BCUT2D eigenvalue weighted by Crippen LogP contribution is -2.41. The lowest BCUT2D eigenvalue weighted by atomic mass is 9.94. The van der Waals surface area contributed by atoms with Crippen LogP contribution in [0, 0.1) is 0 Å². The third kappa shape index (κ3) is 2.54. The predicted molar refractivity (Wildman–Crippen MR) is 89.7 cm³/mol. The van der Waals surface area contributed by atoms with Gasteiger partial charge in [0.2, 0.25) is 5.91 Å². The summed E-state index contributed by atoms with van der Waals surface area (Å²) in [6.45, 7) is 6.32. The molecule has 0 unspecified atom stereocenters. The summed E-state index contributed by atoms with van der Waals surface area (Å²) in [4.78, 5) is 15.1. The SMILES string of the molecule is C[C@@H]1Cc2ccccc2[C@@H](C)C(=O)N1[C@H](C)c1ccccc1. The van der Waals surface area contributed by atoms with E-state index in [1.807, 2.05) is 31.2 Å². The molecule has 0 radical (unpaired) electrons. The van der Waals surface area contributed by atoms with Crippen molar-refractivity contribution in [1.29, 1.82) is 0 Å². The molecule has 0 spiro atoms. The van der Waals surface area contributed by atoms with Crippen LogP contribution in [0.4, 0.5) is 0 Å². The zero-order valence-electron chi connectivity index (χ0n) is 13.5. The Morgan fingerprint density at radius 1 is 1.00 bits per heavy atom. The van der Waals surface area contributed by atoms with Crippen LogP contribution in [0.2, 0.25) is 0 Å². The first-order valence-corrected chi connectivity index (χ1v) is 8.04. The number of fused-ring (bicyclic) bond motifs is 1. The molecule has 1 aliphatic rings. The summed E-state index contributed by atoms with van der Waals surface area (Å²) in [6, 6.07) is 19.0. The summed E-state index contributed by atoms with van der Waals surface area (Å²) in [7, 11) is 0. The Morgan fingerprint density at radius 3 is 2.36 bits per heavy atom. The Morgan fingerprint density at radius 2 is 1.64 bits per heavy atom. The molecule has 0 saturated carbocycles. The molecule has 114 valence electrons. The minimum atomic E-state index is -0.0766. The predicted octanol–water partition coefficient (Wildman–Crippen LogP) is 4.32. The minimum Gasteiger partial charge on any atom is -0.332 e. The van der Waals surface area contributed by atoms with Crippen LogP contribution in [0.25, 0.3) is 0 Å². The summed E-state index contributed by atoms with van der Waals surface area (Å²) in [5.74, 6) is 0.154. The van der Waals surface area contributed by atoms with Gasteiger partial charge in [0.25, 0.3) is 0 Å². The molecule has 3 atom stereocenters. The first-order chi connectivity index (χ1) is 10.6. The van der Waals surface area contributed by atoms with Crippen molar-refractivity contribution in [1.82, 2.24) is 4.90 Å². The van der Waals surface area contributed by atoms with Gasteiger partial charge in [-0.1, -0.05) is 54.6 Å². The number of nitrogens with zero attached hydrogens (tertiary/aromatic N) is 1. The fourth-order valence-corrected chi connectivity index (χ4v) is 3.60. The van der Waals surface area contributed by atoms with E-state index >= 15 is 0 Å². The number of carbonyl (C=O) groups is 1. The second-order valence-electron chi connectivity index (χ2n) is 6.31. The topological polar surface area (TPSA) is 20.3 Å². The average Bonchev–Trinajstić information content (AvgIpc) is 2.63. The van der Waals surface area contributed by atoms with Crippen LogP contribution in [-0.4, -0.2) is 16.8 Å². The molecule has 2 nitrogen and oxygen atoms in total. The molecule has 0 aliphatic carbocycles. The number of benzene rings is 2. The van der Waals surface area contributed by atoms with Gasteiger partial charge in [-0.25, -0.2) is 0 Å². The van der Waals surface area contributed by atoms with Crippen LogP contribution < -0.4 is 0 Å². The number of hydrogen-bond donors (Lipinski definition) is 0. The van der Waals surface area contributed by atoms with Crippen molar-refractivity contribution >= 4 is 5.91 Å². The third-order valence-electron chi connectivity index (χ3n) is 4.84. The van der Waals surface area contributed by atoms with Crippen molar-refractivity contribution in [2.24, 2.45) is 0 Å². The number of carbonyl (C=O) groups excluding carboxylic acids is 1. The number of hydrogen-bond acceptors (Lipinski definition) is 1. The highest BCUT2D eigenvalue weighted by Crippen LogP contribution is 2.33. The van der Waals surface area contributed by atoms with Gasteiger partial charge < -0.3 is 4.90 Å². The lowest BCUT2D eigenvalue weighted by molar-refractivity contribution is -0.136. The van der Waals surface area contributed by atoms with E-state index in [1.165, 1.54) is 16.7 Å². The Labute approximate surface area is 132 Å². The molecule has 22 heavy (non-hydrogen) atoms. The molecule has 0 bridgehead atoms. The van der Waals surface area contributed by atoms with Gasteiger partial charge in [-0.2, -0.15) is 0 Å². The smallest absolute Gasteiger partial charge is 0.230 e. The highest BCUT2D eigenvalue weighted by atomic mass is 16.2. The largest absolute Gasteiger partial charge is 0.332 e. The summed E-state index contributed by atoms with van der Waals surface area (Å²) < 4.78 is 0. The van der Waals surface area contributed by atoms with Gasteiger partial charge in [0.15, 0.2) is 0 Å². The summed E-state index contributed by atoms with van der Waals surface area (Å²) in [5, 5.41) is 0. The van der Waals surface area contributed by atoms with Crippen LogP contribution in [0.1, 0.15) is 49.4 Å². The third-order valence-corrected chi connectivity index (χ3v) is 4.84. The zero-order chi connectivity index (χ0) is 15.7. The van der Waals surface area contributed by atoms with Gasteiger partial charge in [0, 0.05) is 6.04 Å². The molecule has 1 aliphatic heterocycles. The molecule has 0 saturated heterocycles. The lowest BCUT2D eigenvalue weighted by Gasteiger charge is -2.35. The maximum atomic E-state index is 13.1. The van der Waals surface area contributed by atoms with Crippen molar-refractivity contribution in [2.75, 3.05) is 0 Å². The normalized spacial score (nSPS) is 22.9. The molecule has 1 heterocycles. The van der Waals surface area contributed by atoms with Gasteiger partial charge >= 0.3 is 0 Å². The fraction of sp³-hybridized carbons (Fsp3) is 0.350. The second kappa shape index (κ2) is 5.96. The van der Waals surface area contributed by atoms with E-state index in [-0.39, 0.29) is 23.9 Å². The van der Waals surface area contributed by atoms with E-state index < -0.39 is 0 Å². The van der Waals surface area contributed by atoms with E-state index in [4.69, 9.17) is 0 Å². The monoisotopic (exact) mass is 293 g/mol. The molecule has 0 N–H and O–H groups in total. The number of amides is 1. The van der Waals surface area contributed by atoms with Gasteiger partial charge in [0.1, 0.15) is 0 Å². The molecule has 2 heteroatoms. The van der Waals surface area contributed by atoms with E-state index in [0.717, 1.165) is 6.42 Å². The van der Waals surface area contributed by atoms with Gasteiger partial charge in [-0.3, -0.25) is 4.79 Å². The molecule has 2 aromatic carbocycles. The molecule has 0 fully saturated rings. The first-order valence-electron chi connectivity index (χ1n) is 8.04. The molecule has 2 aromatic rings. The average molecular weight is 293 g/mol. The van der Waals surface area contributed by atoms with Crippen molar-refractivity contribution in [3.63, 3.8) is 0 Å². The van der Waals surface area contributed by atoms with E-state index in [0.29, 0.717) is 0 Å². The second-order valence-corrected chi connectivity index (χ2v) is 6.31. The summed E-state index contributed by atoms with van der Waals surface area (Å²) in [5.41, 5.74) is 3.68. The molecule has 0 aromatic heterocycles. The van der Waals surface area contributed by atoms with Crippen molar-refractivity contribution < 1.29 is 4.79 Å². The Bertz CT molecular complexity index is 664. The van der Waals surface area contributed by atoms with Gasteiger partial charge in [-0.05, 0) is 43.9 Å². The maximum Gasteiger partial charge on any atom is 0.230 e. The molecular formula is C20H23NO. The zero-order valence-corrected chi connectivity index (χ0v) is 13.5. The van der Waals surface area contributed by atoms with Gasteiger partial charge in [-0.15, -0.1) is 0 Å². The molecule has 1 amide bonds. The fourth-order valence-electron chi connectivity index (χ4n) is 3.60. The molecule has 3 rings (SSSR count). The van der Waals surface area contributed by atoms with E-state index in [9.17, 15) is 4.79 Å². The van der Waals surface area contributed by atoms with Gasteiger partial charge in [0.05, 0.1) is 12.0 Å². The minimum absolute atomic E-state index is 0.0766. The highest BCUT2D eigenvalue weighted by molar-refractivity contribution is 5.85. The van der Waals surface area contributed by atoms with Crippen molar-refractivity contribution in [3.05, 3.63) is 71.3 Å². The summed E-state index contributed by atoms with van der Waals surface area (Å²) >= 11 is 0. The van der Waals surface area contributed by atoms with E-state index in [1.54, 1.807) is 0 Å². The Balaban J connectivity index is 1.98. The first kappa shape index (κ1) is 14.8. The van der Waals surface area contributed by atoms with Crippen molar-refractivity contribution in [2.45, 2.75) is 45.2 Å². The Kier molecular flexibility index (Phi) is 4.02. The summed E-state index contributed by atoms with van der Waals surface area (Å²) in [6.07, 6.45) is 0.920. The maximum absolute atomic E-state index is 13.1. The van der Waals surface area contributed by atoms with Crippen LogP contribution in [-0.2, 0) is 11.2 Å². The van der Waals surface area contributed by atoms with Crippen LogP contribution in [0.15, 0.2) is 54.6 Å². The van der Waals surface area contributed by atoms with Crippen LogP contribution >= 0.6 is 0 Å². The van der Waals surface area contributed by atoms with Crippen molar-refractivity contribution in [3.8, 4) is 0 Å². The number of rotatable bonds is 2. The van der Waals surface area contributed by atoms with Crippen LogP contribution in [0.5, 0.6) is 0 Å². The van der Waals surface area contributed by atoms with Crippen LogP contribution in [0.3, 0.4) is 0 Å².